The molecule has 0 aliphatic carbocycles. The molecular formula is C15H18N2O. The number of para-hydroxylation sites is 1. The van der Waals surface area contributed by atoms with Gasteiger partial charge in [0.05, 0.1) is 0 Å². The molecule has 2 N–H and O–H groups in total. The van der Waals surface area contributed by atoms with Gasteiger partial charge in [0.1, 0.15) is 0 Å². The fourth-order valence-electron chi connectivity index (χ4n) is 3.69. The smallest absolute Gasteiger partial charge is 0.0472 e. The highest BCUT2D eigenvalue weighted by molar-refractivity contribution is 5.84. The molecule has 1 saturated heterocycles. The Morgan fingerprint density at radius 3 is 3.11 bits per heavy atom. The monoisotopic (exact) mass is 242 g/mol. The molecular weight excluding hydrogens is 224 g/mol. The molecule has 1 fully saturated rings. The SMILES string of the molecule is OC[C@H]1C[C@H]2Cc3c([nH]c4ccccc34)CN2C1. The average molecular weight is 242 g/mol. The van der Waals surface area contributed by atoms with Gasteiger partial charge in [0.2, 0.25) is 0 Å². The minimum absolute atomic E-state index is 0.335. The molecule has 1 aromatic carbocycles. The van der Waals surface area contributed by atoms with E-state index >= 15 is 0 Å². The Labute approximate surface area is 106 Å². The zero-order valence-electron chi connectivity index (χ0n) is 10.4. The Morgan fingerprint density at radius 2 is 2.22 bits per heavy atom. The van der Waals surface area contributed by atoms with Gasteiger partial charge in [-0.1, -0.05) is 18.2 Å². The van der Waals surface area contributed by atoms with E-state index in [1.807, 2.05) is 0 Å². The van der Waals surface area contributed by atoms with E-state index in [1.54, 1.807) is 0 Å². The molecule has 2 aliphatic rings. The number of aromatic nitrogens is 1. The predicted molar refractivity (Wildman–Crippen MR) is 71.4 cm³/mol. The molecule has 0 saturated carbocycles. The van der Waals surface area contributed by atoms with Crippen LogP contribution in [0.4, 0.5) is 0 Å². The summed E-state index contributed by atoms with van der Waals surface area (Å²) in [4.78, 5) is 6.08. The number of rotatable bonds is 1. The molecule has 18 heavy (non-hydrogen) atoms. The van der Waals surface area contributed by atoms with Crippen molar-refractivity contribution in [2.75, 3.05) is 13.2 Å². The summed E-state index contributed by atoms with van der Waals surface area (Å²) in [5, 5.41) is 10.7. The quantitative estimate of drug-likeness (QED) is 0.802. The minimum Gasteiger partial charge on any atom is -0.396 e. The first-order chi connectivity index (χ1) is 8.85. The van der Waals surface area contributed by atoms with Gasteiger partial charge >= 0.3 is 0 Å². The Bertz CT molecular complexity index is 589. The number of aliphatic hydroxyl groups is 1. The molecule has 2 aliphatic heterocycles. The molecule has 0 spiro atoms. The largest absolute Gasteiger partial charge is 0.396 e. The van der Waals surface area contributed by atoms with Crippen molar-refractivity contribution in [2.45, 2.75) is 25.4 Å². The van der Waals surface area contributed by atoms with E-state index in [4.69, 9.17) is 0 Å². The van der Waals surface area contributed by atoms with Crippen molar-refractivity contribution in [2.24, 2.45) is 5.92 Å². The third-order valence-corrected chi connectivity index (χ3v) is 4.58. The minimum atomic E-state index is 0.335. The fourth-order valence-corrected chi connectivity index (χ4v) is 3.69. The van der Waals surface area contributed by atoms with Gasteiger partial charge in [-0.3, -0.25) is 4.90 Å². The number of nitrogens with one attached hydrogen (secondary N) is 1. The lowest BCUT2D eigenvalue weighted by Crippen LogP contribution is -2.35. The van der Waals surface area contributed by atoms with Crippen LogP contribution < -0.4 is 0 Å². The Balaban J connectivity index is 1.74. The molecule has 2 atom stereocenters. The van der Waals surface area contributed by atoms with Crippen LogP contribution in [-0.2, 0) is 13.0 Å². The van der Waals surface area contributed by atoms with E-state index in [9.17, 15) is 5.11 Å². The van der Waals surface area contributed by atoms with Crippen LogP contribution in [0.15, 0.2) is 24.3 Å². The van der Waals surface area contributed by atoms with Gasteiger partial charge in [0, 0.05) is 42.3 Å². The second kappa shape index (κ2) is 3.84. The molecule has 4 rings (SSSR count). The number of fused-ring (bicyclic) bond motifs is 4. The second-order valence-electron chi connectivity index (χ2n) is 5.70. The van der Waals surface area contributed by atoms with Crippen LogP contribution in [0, 0.1) is 5.92 Å². The lowest BCUT2D eigenvalue weighted by Gasteiger charge is -2.29. The number of H-pyrrole nitrogens is 1. The van der Waals surface area contributed by atoms with E-state index in [-0.39, 0.29) is 0 Å². The number of benzene rings is 1. The topological polar surface area (TPSA) is 39.3 Å². The van der Waals surface area contributed by atoms with Gasteiger partial charge in [0.25, 0.3) is 0 Å². The van der Waals surface area contributed by atoms with E-state index < -0.39 is 0 Å². The highest BCUT2D eigenvalue weighted by atomic mass is 16.3. The van der Waals surface area contributed by atoms with Crippen LogP contribution in [0.5, 0.6) is 0 Å². The van der Waals surface area contributed by atoms with E-state index in [0.717, 1.165) is 25.9 Å². The number of aromatic amines is 1. The van der Waals surface area contributed by atoms with Crippen LogP contribution in [-0.4, -0.2) is 34.2 Å². The van der Waals surface area contributed by atoms with Crippen LogP contribution in [0.25, 0.3) is 10.9 Å². The van der Waals surface area contributed by atoms with E-state index in [1.165, 1.54) is 22.2 Å². The van der Waals surface area contributed by atoms with Gasteiger partial charge < -0.3 is 10.1 Å². The number of nitrogens with zero attached hydrogens (tertiary/aromatic N) is 1. The number of hydrogen-bond acceptors (Lipinski definition) is 2. The van der Waals surface area contributed by atoms with Crippen LogP contribution in [0.2, 0.25) is 0 Å². The third kappa shape index (κ3) is 1.44. The maximum atomic E-state index is 9.32. The van der Waals surface area contributed by atoms with Crippen molar-refractivity contribution >= 4 is 10.9 Å². The van der Waals surface area contributed by atoms with Gasteiger partial charge in [-0.05, 0) is 30.4 Å². The van der Waals surface area contributed by atoms with E-state index in [0.29, 0.717) is 18.6 Å². The lowest BCUT2D eigenvalue weighted by molar-refractivity contribution is 0.204. The second-order valence-corrected chi connectivity index (χ2v) is 5.70. The maximum Gasteiger partial charge on any atom is 0.0472 e. The average Bonchev–Trinajstić information content (AvgIpc) is 2.95. The molecule has 0 bridgehead atoms. The molecule has 0 radical (unpaired) electrons. The first-order valence-electron chi connectivity index (χ1n) is 6.78. The zero-order valence-corrected chi connectivity index (χ0v) is 10.4. The van der Waals surface area contributed by atoms with Gasteiger partial charge in [-0.2, -0.15) is 0 Å². The highest BCUT2D eigenvalue weighted by Crippen LogP contribution is 2.35. The Kier molecular flexibility index (Phi) is 2.26. The van der Waals surface area contributed by atoms with Crippen molar-refractivity contribution < 1.29 is 5.11 Å². The normalized spacial score (nSPS) is 27.4. The van der Waals surface area contributed by atoms with Crippen LogP contribution >= 0.6 is 0 Å². The molecule has 0 unspecified atom stereocenters. The summed E-state index contributed by atoms with van der Waals surface area (Å²) in [6.07, 6.45) is 2.28. The van der Waals surface area contributed by atoms with E-state index in [2.05, 4.69) is 34.1 Å². The van der Waals surface area contributed by atoms with Crippen LogP contribution in [0.3, 0.4) is 0 Å². The molecule has 2 aromatic rings. The summed E-state index contributed by atoms with van der Waals surface area (Å²) in [6.45, 7) is 2.41. The number of aliphatic hydroxyl groups excluding tert-OH is 1. The highest BCUT2D eigenvalue weighted by Gasteiger charge is 2.36. The van der Waals surface area contributed by atoms with Crippen molar-refractivity contribution in [3.05, 3.63) is 35.5 Å². The molecule has 94 valence electrons. The maximum absolute atomic E-state index is 9.32. The summed E-state index contributed by atoms with van der Waals surface area (Å²) in [5.74, 6) is 0.477. The summed E-state index contributed by atoms with van der Waals surface area (Å²) in [7, 11) is 0. The van der Waals surface area contributed by atoms with Crippen molar-refractivity contribution in [3.8, 4) is 0 Å². The fraction of sp³-hybridized carbons (Fsp3) is 0.467. The lowest BCUT2D eigenvalue weighted by atomic mass is 9.95. The Hall–Kier alpha value is -1.32. The van der Waals surface area contributed by atoms with Crippen molar-refractivity contribution in [1.29, 1.82) is 0 Å². The summed E-state index contributed by atoms with van der Waals surface area (Å²) in [6, 6.07) is 9.23. The molecule has 3 heterocycles. The Morgan fingerprint density at radius 1 is 1.33 bits per heavy atom. The van der Waals surface area contributed by atoms with Gasteiger partial charge in [-0.15, -0.1) is 0 Å². The zero-order chi connectivity index (χ0) is 12.1. The van der Waals surface area contributed by atoms with Gasteiger partial charge in [0.15, 0.2) is 0 Å². The third-order valence-electron chi connectivity index (χ3n) is 4.58. The molecule has 1 aromatic heterocycles. The molecule has 3 nitrogen and oxygen atoms in total. The first-order valence-corrected chi connectivity index (χ1v) is 6.78. The standard InChI is InChI=1S/C15H18N2O/c18-9-10-5-11-6-13-12-3-1-2-4-14(12)16-15(13)8-17(11)7-10/h1-4,10-11,16,18H,5-9H2/t10-,11-/m0/s1. The van der Waals surface area contributed by atoms with Crippen molar-refractivity contribution in [1.82, 2.24) is 9.88 Å². The van der Waals surface area contributed by atoms with Crippen molar-refractivity contribution in [3.63, 3.8) is 0 Å². The molecule has 0 amide bonds. The summed E-state index contributed by atoms with van der Waals surface area (Å²) < 4.78 is 0. The predicted octanol–water partition coefficient (Wildman–Crippen LogP) is 1.91. The summed E-state index contributed by atoms with van der Waals surface area (Å²) >= 11 is 0. The molecule has 3 heteroatoms. The number of hydrogen-bond donors (Lipinski definition) is 2. The summed E-state index contributed by atoms with van der Waals surface area (Å²) in [5.41, 5.74) is 4.15. The first kappa shape index (κ1) is 10.6. The van der Waals surface area contributed by atoms with Crippen LogP contribution in [0.1, 0.15) is 17.7 Å². The van der Waals surface area contributed by atoms with Gasteiger partial charge in [-0.25, -0.2) is 0 Å².